The van der Waals surface area contributed by atoms with Crippen molar-refractivity contribution < 1.29 is 9.85 Å². The average molecular weight is 422 g/mol. The van der Waals surface area contributed by atoms with Gasteiger partial charge in [0.2, 0.25) is 0 Å². The zero-order chi connectivity index (χ0) is 16.4. The summed E-state index contributed by atoms with van der Waals surface area (Å²) in [6.07, 6.45) is 0. The quantitative estimate of drug-likeness (QED) is 0.363. The van der Waals surface area contributed by atoms with E-state index >= 15 is 0 Å². The fraction of sp³-hybridized carbons (Fsp3) is 0. The Morgan fingerprint density at radius 1 is 0.609 bits per heavy atom. The van der Waals surface area contributed by atoms with Gasteiger partial charge in [-0.25, -0.2) is 0 Å². The predicted octanol–water partition coefficient (Wildman–Crippen LogP) is 3.89. The van der Waals surface area contributed by atoms with E-state index in [1.54, 1.807) is 24.3 Å². The maximum atomic E-state index is 10.7. The van der Waals surface area contributed by atoms with Crippen LogP contribution in [0.4, 0.5) is 11.4 Å². The van der Waals surface area contributed by atoms with Crippen molar-refractivity contribution in [2.75, 3.05) is 0 Å². The van der Waals surface area contributed by atoms with Gasteiger partial charge in [-0.05, 0) is 0 Å². The average Bonchev–Trinajstić information content (AvgIpc) is 3.05. The van der Waals surface area contributed by atoms with Crippen LogP contribution in [0.2, 0.25) is 0 Å². The summed E-state index contributed by atoms with van der Waals surface area (Å²) in [5.41, 5.74) is 2.14. The summed E-state index contributed by atoms with van der Waals surface area (Å²) in [7, 11) is 0. The Morgan fingerprint density at radius 2 is 0.957 bits per heavy atom. The summed E-state index contributed by atoms with van der Waals surface area (Å²) in [4.78, 5) is 20.5. The van der Waals surface area contributed by atoms with Crippen LogP contribution in [0.25, 0.3) is 18.3 Å². The number of non-ortho nitro benzene ring substituents is 2. The van der Waals surface area contributed by atoms with Gasteiger partial charge in [0.1, 0.15) is 0 Å². The van der Waals surface area contributed by atoms with Gasteiger partial charge in [-0.2, -0.15) is 0 Å². The molecule has 0 saturated carbocycles. The molecule has 0 radical (unpaired) electrons. The third-order valence-electron chi connectivity index (χ3n) is 3.33. The number of rotatable bonds is 4. The van der Waals surface area contributed by atoms with Gasteiger partial charge < -0.3 is 0 Å². The number of nitro groups is 2. The summed E-state index contributed by atoms with van der Waals surface area (Å²) in [6.45, 7) is 0. The van der Waals surface area contributed by atoms with Gasteiger partial charge in [0, 0.05) is 0 Å². The molecule has 7 heteroatoms. The molecule has 23 heavy (non-hydrogen) atoms. The molecule has 2 aromatic carbocycles. The van der Waals surface area contributed by atoms with E-state index in [1.807, 2.05) is 12.1 Å². The van der Waals surface area contributed by atoms with Crippen LogP contribution in [0.5, 0.6) is 0 Å². The second-order valence-electron chi connectivity index (χ2n) is 4.77. The number of nitro benzene ring substituents is 2. The number of hydrogen-bond donors (Lipinski definition) is 0. The summed E-state index contributed by atoms with van der Waals surface area (Å²) >= 11 is -0.617. The molecule has 0 saturated heterocycles. The molecule has 1 heterocycles. The summed E-state index contributed by atoms with van der Waals surface area (Å²) in [6, 6.07) is 17.1. The monoisotopic (exact) mass is 424 g/mol. The minimum absolute atomic E-state index is 0.0801. The van der Waals surface area contributed by atoms with Crippen LogP contribution in [0.1, 0.15) is 0 Å². The van der Waals surface area contributed by atoms with E-state index in [-0.39, 0.29) is 11.4 Å². The molecule has 6 nitrogen and oxygen atoms in total. The summed E-state index contributed by atoms with van der Waals surface area (Å²) in [5.74, 6) is 0. The van der Waals surface area contributed by atoms with E-state index in [1.165, 1.54) is 31.4 Å². The first-order valence-electron chi connectivity index (χ1n) is 6.64. The molecule has 114 valence electrons. The molecule has 0 spiro atoms. The van der Waals surface area contributed by atoms with Crippen LogP contribution in [-0.4, -0.2) is 30.3 Å². The SMILES string of the molecule is O=[N+]([O-])c1ccc(-c2ccc(-c3ccc([N+](=O)[O-])cc3)[te]2)cc1. The summed E-state index contributed by atoms with van der Waals surface area (Å²) in [5, 5.41) is 21.4. The molecular weight excluding hydrogens is 412 g/mol. The van der Waals surface area contributed by atoms with Crippen LogP contribution >= 0.6 is 0 Å². The molecule has 0 atom stereocenters. The van der Waals surface area contributed by atoms with Crippen LogP contribution in [0, 0.1) is 20.2 Å². The first kappa shape index (κ1) is 15.4. The van der Waals surface area contributed by atoms with Gasteiger partial charge in [0.25, 0.3) is 0 Å². The number of hydrogen-bond acceptors (Lipinski definition) is 4. The first-order chi connectivity index (χ1) is 11.0. The zero-order valence-electron chi connectivity index (χ0n) is 11.7. The van der Waals surface area contributed by atoms with Crippen molar-refractivity contribution in [3.8, 4) is 18.3 Å². The Hall–Kier alpha value is -2.49. The third-order valence-corrected chi connectivity index (χ3v) is 6.71. The van der Waals surface area contributed by atoms with Gasteiger partial charge in [-0.1, -0.05) is 0 Å². The number of nitrogens with zero attached hydrogens (tertiary/aromatic N) is 2. The van der Waals surface area contributed by atoms with Crippen molar-refractivity contribution >= 4 is 31.8 Å². The molecule has 1 aromatic heterocycles. The van der Waals surface area contributed by atoms with Crippen LogP contribution in [0.15, 0.2) is 60.7 Å². The van der Waals surface area contributed by atoms with Crippen molar-refractivity contribution in [3.63, 3.8) is 0 Å². The fourth-order valence-electron chi connectivity index (χ4n) is 2.14. The normalized spacial score (nSPS) is 10.4. The second-order valence-corrected chi connectivity index (χ2v) is 7.87. The Balaban J connectivity index is 1.87. The molecule has 0 amide bonds. The molecular formula is C16H10N2O4Te. The standard InChI is InChI=1S/C16H10N2O4Te/c19-17(20)13-5-1-11(2-6-13)15-9-10-16(23-15)12-3-7-14(8-4-12)18(21)22/h1-10H. The van der Waals surface area contributed by atoms with Crippen LogP contribution in [-0.2, 0) is 0 Å². The van der Waals surface area contributed by atoms with Crippen molar-refractivity contribution in [3.05, 3.63) is 80.9 Å². The van der Waals surface area contributed by atoms with Crippen molar-refractivity contribution in [2.45, 2.75) is 0 Å². The van der Waals surface area contributed by atoms with E-state index in [2.05, 4.69) is 0 Å². The predicted molar refractivity (Wildman–Crippen MR) is 87.6 cm³/mol. The van der Waals surface area contributed by atoms with Gasteiger partial charge in [-0.15, -0.1) is 0 Å². The molecule has 0 aliphatic rings. The van der Waals surface area contributed by atoms with Crippen LogP contribution in [0.3, 0.4) is 0 Å². The Labute approximate surface area is 140 Å². The molecule has 0 N–H and O–H groups in total. The van der Waals surface area contributed by atoms with Crippen LogP contribution < -0.4 is 0 Å². The molecule has 0 aliphatic heterocycles. The fourth-order valence-corrected chi connectivity index (χ4v) is 5.05. The summed E-state index contributed by atoms with van der Waals surface area (Å²) < 4.78 is 2.39. The molecule has 0 bridgehead atoms. The number of benzene rings is 2. The van der Waals surface area contributed by atoms with E-state index < -0.39 is 30.3 Å². The van der Waals surface area contributed by atoms with E-state index in [0.717, 1.165) is 11.1 Å². The molecule has 0 fully saturated rings. The topological polar surface area (TPSA) is 86.3 Å². The Kier molecular flexibility index (Phi) is 4.24. The Morgan fingerprint density at radius 3 is 1.26 bits per heavy atom. The molecule has 0 unspecified atom stereocenters. The Bertz CT molecular complexity index is 798. The van der Waals surface area contributed by atoms with E-state index in [4.69, 9.17) is 0 Å². The molecule has 3 aromatic rings. The zero-order valence-corrected chi connectivity index (χ0v) is 14.0. The maximum absolute atomic E-state index is 10.7. The first-order valence-corrected chi connectivity index (χ1v) is 8.97. The van der Waals surface area contributed by atoms with Crippen molar-refractivity contribution in [1.29, 1.82) is 0 Å². The third kappa shape index (κ3) is 3.31. The van der Waals surface area contributed by atoms with E-state index in [0.29, 0.717) is 0 Å². The van der Waals surface area contributed by atoms with Gasteiger partial charge in [0.05, 0.1) is 0 Å². The van der Waals surface area contributed by atoms with Gasteiger partial charge in [0.15, 0.2) is 0 Å². The van der Waals surface area contributed by atoms with E-state index in [9.17, 15) is 20.2 Å². The van der Waals surface area contributed by atoms with Crippen molar-refractivity contribution in [2.24, 2.45) is 0 Å². The van der Waals surface area contributed by atoms with Gasteiger partial charge >= 0.3 is 141 Å². The molecule has 3 rings (SSSR count). The minimum atomic E-state index is -0.617. The second kappa shape index (κ2) is 6.32. The van der Waals surface area contributed by atoms with Crippen molar-refractivity contribution in [1.82, 2.24) is 0 Å². The molecule has 0 aliphatic carbocycles. The van der Waals surface area contributed by atoms with Gasteiger partial charge in [-0.3, -0.25) is 0 Å².